The van der Waals surface area contributed by atoms with Gasteiger partial charge in [-0.3, -0.25) is 0 Å². The summed E-state index contributed by atoms with van der Waals surface area (Å²) in [5.41, 5.74) is 0. The lowest BCUT2D eigenvalue weighted by molar-refractivity contribution is 0.0707. The molecule has 0 radical (unpaired) electrons. The van der Waals surface area contributed by atoms with E-state index in [-0.39, 0.29) is 6.10 Å². The molecule has 3 atom stereocenters. The Bertz CT molecular complexity index is 136. The molecule has 13 heavy (non-hydrogen) atoms. The van der Waals surface area contributed by atoms with Crippen LogP contribution < -0.4 is 0 Å². The summed E-state index contributed by atoms with van der Waals surface area (Å²) in [6, 6.07) is 0. The van der Waals surface area contributed by atoms with Gasteiger partial charge >= 0.3 is 0 Å². The fourth-order valence-electron chi connectivity index (χ4n) is 2.40. The Kier molecular flexibility index (Phi) is 4.74. The maximum Gasteiger partial charge on any atom is 0.0571 e. The largest absolute Gasteiger partial charge is 0.393 e. The van der Waals surface area contributed by atoms with Crippen molar-refractivity contribution in [1.82, 2.24) is 0 Å². The van der Waals surface area contributed by atoms with Gasteiger partial charge in [0.15, 0.2) is 0 Å². The van der Waals surface area contributed by atoms with E-state index >= 15 is 0 Å². The lowest BCUT2D eigenvalue weighted by atomic mass is 9.90. The molecule has 0 saturated heterocycles. The second kappa shape index (κ2) is 5.61. The summed E-state index contributed by atoms with van der Waals surface area (Å²) < 4.78 is 4.97. The normalized spacial score (nSPS) is 30.7. The molecule has 0 heterocycles. The van der Waals surface area contributed by atoms with Gasteiger partial charge in [0.05, 0.1) is 6.10 Å². The highest BCUT2D eigenvalue weighted by atomic mass is 16.5. The van der Waals surface area contributed by atoms with Crippen molar-refractivity contribution in [3.8, 4) is 0 Å². The Hall–Kier alpha value is -0.0800. The summed E-state index contributed by atoms with van der Waals surface area (Å²) in [7, 11) is 1.71. The van der Waals surface area contributed by atoms with E-state index in [4.69, 9.17) is 4.74 Å². The van der Waals surface area contributed by atoms with Crippen molar-refractivity contribution in [2.75, 3.05) is 13.7 Å². The van der Waals surface area contributed by atoms with Crippen LogP contribution in [0.15, 0.2) is 0 Å². The molecule has 0 aromatic rings. The zero-order valence-electron chi connectivity index (χ0n) is 8.83. The quantitative estimate of drug-likeness (QED) is 0.667. The molecule has 1 fully saturated rings. The summed E-state index contributed by atoms with van der Waals surface area (Å²) >= 11 is 0. The standard InChI is InChI=1S/C11H22O2/c1-9-5-3-6-10(9)11(12)7-4-8-13-2/h9-12H,3-8H2,1-2H3. The van der Waals surface area contributed by atoms with Crippen molar-refractivity contribution in [3.05, 3.63) is 0 Å². The van der Waals surface area contributed by atoms with Crippen LogP contribution in [0.25, 0.3) is 0 Å². The van der Waals surface area contributed by atoms with Crippen molar-refractivity contribution in [2.45, 2.75) is 45.1 Å². The van der Waals surface area contributed by atoms with E-state index in [0.717, 1.165) is 25.4 Å². The van der Waals surface area contributed by atoms with Crippen molar-refractivity contribution < 1.29 is 9.84 Å². The van der Waals surface area contributed by atoms with Gasteiger partial charge in [-0.05, 0) is 31.1 Å². The first-order valence-electron chi connectivity index (χ1n) is 5.42. The van der Waals surface area contributed by atoms with E-state index in [1.54, 1.807) is 7.11 Å². The molecule has 2 heteroatoms. The summed E-state index contributed by atoms with van der Waals surface area (Å²) in [5, 5.41) is 9.89. The van der Waals surface area contributed by atoms with Crippen LogP contribution in [0.4, 0.5) is 0 Å². The summed E-state index contributed by atoms with van der Waals surface area (Å²) in [6.45, 7) is 3.04. The summed E-state index contributed by atoms with van der Waals surface area (Å²) in [5.74, 6) is 1.27. The molecule has 0 aromatic heterocycles. The molecule has 1 N–H and O–H groups in total. The van der Waals surface area contributed by atoms with Gasteiger partial charge in [-0.15, -0.1) is 0 Å². The topological polar surface area (TPSA) is 29.5 Å². The highest BCUT2D eigenvalue weighted by Crippen LogP contribution is 2.34. The lowest BCUT2D eigenvalue weighted by Crippen LogP contribution is -2.22. The Labute approximate surface area is 81.3 Å². The van der Waals surface area contributed by atoms with Gasteiger partial charge in [0.25, 0.3) is 0 Å². The van der Waals surface area contributed by atoms with Crippen molar-refractivity contribution in [1.29, 1.82) is 0 Å². The molecular weight excluding hydrogens is 164 g/mol. The molecule has 0 aromatic carbocycles. The highest BCUT2D eigenvalue weighted by molar-refractivity contribution is 4.79. The molecule has 1 aliphatic rings. The average Bonchev–Trinajstić information content (AvgIpc) is 2.52. The summed E-state index contributed by atoms with van der Waals surface area (Å²) in [4.78, 5) is 0. The van der Waals surface area contributed by atoms with Crippen LogP contribution in [0.2, 0.25) is 0 Å². The SMILES string of the molecule is COCCCC(O)C1CCCC1C. The second-order valence-electron chi connectivity index (χ2n) is 4.27. The maximum atomic E-state index is 9.89. The maximum absolute atomic E-state index is 9.89. The third-order valence-electron chi connectivity index (χ3n) is 3.27. The monoisotopic (exact) mass is 186 g/mol. The van der Waals surface area contributed by atoms with Crippen LogP contribution in [-0.4, -0.2) is 24.9 Å². The predicted octanol–water partition coefficient (Wildman–Crippen LogP) is 2.21. The number of rotatable bonds is 5. The minimum Gasteiger partial charge on any atom is -0.393 e. The van der Waals surface area contributed by atoms with Gasteiger partial charge < -0.3 is 9.84 Å². The van der Waals surface area contributed by atoms with Gasteiger partial charge in [-0.2, -0.15) is 0 Å². The van der Waals surface area contributed by atoms with Gasteiger partial charge in [-0.25, -0.2) is 0 Å². The first-order valence-corrected chi connectivity index (χ1v) is 5.42. The Morgan fingerprint density at radius 2 is 2.23 bits per heavy atom. The van der Waals surface area contributed by atoms with Crippen LogP contribution in [0.1, 0.15) is 39.0 Å². The molecule has 0 aliphatic heterocycles. The van der Waals surface area contributed by atoms with Crippen molar-refractivity contribution >= 4 is 0 Å². The molecule has 2 nitrogen and oxygen atoms in total. The molecule has 1 aliphatic carbocycles. The Balaban J connectivity index is 2.18. The Morgan fingerprint density at radius 1 is 1.46 bits per heavy atom. The molecule has 0 amide bonds. The third kappa shape index (κ3) is 3.28. The number of hydrogen-bond acceptors (Lipinski definition) is 2. The lowest BCUT2D eigenvalue weighted by Gasteiger charge is -2.21. The number of aliphatic hydroxyl groups is 1. The average molecular weight is 186 g/mol. The predicted molar refractivity (Wildman–Crippen MR) is 53.6 cm³/mol. The van der Waals surface area contributed by atoms with E-state index < -0.39 is 0 Å². The van der Waals surface area contributed by atoms with Gasteiger partial charge in [0.1, 0.15) is 0 Å². The van der Waals surface area contributed by atoms with Crippen LogP contribution in [0.5, 0.6) is 0 Å². The molecule has 78 valence electrons. The van der Waals surface area contributed by atoms with E-state index in [1.807, 2.05) is 0 Å². The summed E-state index contributed by atoms with van der Waals surface area (Å²) in [6.07, 6.45) is 5.62. The van der Waals surface area contributed by atoms with Gasteiger partial charge in [-0.1, -0.05) is 19.8 Å². The van der Waals surface area contributed by atoms with E-state index in [9.17, 15) is 5.11 Å². The van der Waals surface area contributed by atoms with Gasteiger partial charge in [0.2, 0.25) is 0 Å². The molecule has 3 unspecified atom stereocenters. The second-order valence-corrected chi connectivity index (χ2v) is 4.27. The number of aliphatic hydroxyl groups excluding tert-OH is 1. The minimum atomic E-state index is -0.0901. The van der Waals surface area contributed by atoms with E-state index in [2.05, 4.69) is 6.92 Å². The van der Waals surface area contributed by atoms with Gasteiger partial charge in [0, 0.05) is 13.7 Å². The molecule has 0 spiro atoms. The van der Waals surface area contributed by atoms with Crippen molar-refractivity contribution in [2.24, 2.45) is 11.8 Å². The van der Waals surface area contributed by atoms with Crippen LogP contribution in [0.3, 0.4) is 0 Å². The van der Waals surface area contributed by atoms with Crippen LogP contribution in [-0.2, 0) is 4.74 Å². The van der Waals surface area contributed by atoms with E-state index in [0.29, 0.717) is 5.92 Å². The van der Waals surface area contributed by atoms with Crippen LogP contribution in [0, 0.1) is 11.8 Å². The minimum absolute atomic E-state index is 0.0901. The fraction of sp³-hybridized carbons (Fsp3) is 1.00. The Morgan fingerprint density at radius 3 is 2.77 bits per heavy atom. The van der Waals surface area contributed by atoms with E-state index in [1.165, 1.54) is 19.3 Å². The zero-order chi connectivity index (χ0) is 9.68. The number of methoxy groups -OCH3 is 1. The smallest absolute Gasteiger partial charge is 0.0571 e. The highest BCUT2D eigenvalue weighted by Gasteiger charge is 2.28. The molecule has 1 rings (SSSR count). The number of hydrogen-bond donors (Lipinski definition) is 1. The van der Waals surface area contributed by atoms with Crippen LogP contribution >= 0.6 is 0 Å². The molecular formula is C11H22O2. The zero-order valence-corrected chi connectivity index (χ0v) is 8.83. The number of ether oxygens (including phenoxy) is 1. The fourth-order valence-corrected chi connectivity index (χ4v) is 2.40. The molecule has 0 bridgehead atoms. The first-order chi connectivity index (χ1) is 6.25. The molecule has 1 saturated carbocycles. The van der Waals surface area contributed by atoms with Crippen molar-refractivity contribution in [3.63, 3.8) is 0 Å². The third-order valence-corrected chi connectivity index (χ3v) is 3.27. The first kappa shape index (κ1) is 11.0.